The Morgan fingerprint density at radius 3 is 2.68 bits per heavy atom. The van der Waals surface area contributed by atoms with E-state index in [1.54, 1.807) is 7.11 Å². The van der Waals surface area contributed by atoms with E-state index in [1.807, 2.05) is 17.0 Å². The van der Waals surface area contributed by atoms with E-state index in [2.05, 4.69) is 19.9 Å². The lowest BCUT2D eigenvalue weighted by atomic mass is 9.94. The van der Waals surface area contributed by atoms with Crippen LogP contribution in [-0.4, -0.2) is 36.2 Å². The number of aliphatic hydroxyl groups is 1. The zero-order valence-corrected chi connectivity index (χ0v) is 13.8. The summed E-state index contributed by atoms with van der Waals surface area (Å²) in [5, 5.41) is 10.1. The van der Waals surface area contributed by atoms with Gasteiger partial charge in [-0.1, -0.05) is 32.0 Å². The summed E-state index contributed by atoms with van der Waals surface area (Å²) in [6.45, 7) is 5.88. The molecule has 1 unspecified atom stereocenters. The number of carbonyl (C=O) groups excluding carboxylic acids is 1. The monoisotopic (exact) mass is 305 g/mol. The third-order valence-electron chi connectivity index (χ3n) is 4.60. The quantitative estimate of drug-likeness (QED) is 0.879. The summed E-state index contributed by atoms with van der Waals surface area (Å²) in [6, 6.07) is 6.05. The first-order chi connectivity index (χ1) is 10.6. The molecule has 122 valence electrons. The summed E-state index contributed by atoms with van der Waals surface area (Å²) in [5.41, 5.74) is 3.29. The third-order valence-corrected chi connectivity index (χ3v) is 4.60. The molecule has 22 heavy (non-hydrogen) atoms. The maximum absolute atomic E-state index is 12.5. The zero-order valence-electron chi connectivity index (χ0n) is 13.8. The maximum atomic E-state index is 12.5. The van der Waals surface area contributed by atoms with Gasteiger partial charge in [0.05, 0.1) is 6.61 Å². The summed E-state index contributed by atoms with van der Waals surface area (Å²) in [5.74, 6) is 0.391. The largest absolute Gasteiger partial charge is 0.386 e. The molecule has 0 spiro atoms. The highest BCUT2D eigenvalue weighted by molar-refractivity contribution is 5.79. The van der Waals surface area contributed by atoms with Gasteiger partial charge in [-0.15, -0.1) is 0 Å². The minimum absolute atomic E-state index is 0.129. The van der Waals surface area contributed by atoms with Crippen molar-refractivity contribution in [2.45, 2.75) is 45.8 Å². The molecule has 0 aromatic heterocycles. The van der Waals surface area contributed by atoms with Gasteiger partial charge in [-0.3, -0.25) is 4.79 Å². The number of nitrogens with zero attached hydrogens (tertiary/aromatic N) is 1. The molecular weight excluding hydrogens is 278 g/mol. The summed E-state index contributed by atoms with van der Waals surface area (Å²) < 4.78 is 5.01. The molecule has 2 rings (SSSR count). The van der Waals surface area contributed by atoms with Crippen LogP contribution in [0.15, 0.2) is 18.2 Å². The minimum Gasteiger partial charge on any atom is -0.386 e. The third kappa shape index (κ3) is 3.68. The van der Waals surface area contributed by atoms with Crippen LogP contribution in [0.4, 0.5) is 0 Å². The Hall–Kier alpha value is -1.39. The van der Waals surface area contributed by atoms with Crippen molar-refractivity contribution >= 4 is 5.91 Å². The second kappa shape index (κ2) is 7.75. The number of methoxy groups -OCH3 is 1. The molecule has 1 amide bonds. The van der Waals surface area contributed by atoms with E-state index in [0.717, 1.165) is 36.9 Å². The molecule has 1 N–H and O–H groups in total. The van der Waals surface area contributed by atoms with Gasteiger partial charge < -0.3 is 14.7 Å². The number of aliphatic hydroxyl groups excluding tert-OH is 1. The first-order valence-corrected chi connectivity index (χ1v) is 8.18. The molecule has 1 aromatic rings. The predicted molar refractivity (Wildman–Crippen MR) is 86.5 cm³/mol. The normalized spacial score (nSPS) is 15.8. The van der Waals surface area contributed by atoms with Gasteiger partial charge in [-0.2, -0.15) is 0 Å². The van der Waals surface area contributed by atoms with Crippen molar-refractivity contribution in [1.29, 1.82) is 0 Å². The van der Waals surface area contributed by atoms with Crippen molar-refractivity contribution in [2.75, 3.05) is 20.3 Å². The molecule has 0 saturated heterocycles. The number of benzene rings is 1. The molecule has 0 fully saturated rings. The summed E-state index contributed by atoms with van der Waals surface area (Å²) in [7, 11) is 1.58. The van der Waals surface area contributed by atoms with Gasteiger partial charge in [0.25, 0.3) is 0 Å². The van der Waals surface area contributed by atoms with Crippen LogP contribution in [0.5, 0.6) is 0 Å². The number of hydrogen-bond donors (Lipinski definition) is 1. The fourth-order valence-electron chi connectivity index (χ4n) is 3.12. The van der Waals surface area contributed by atoms with Crippen LogP contribution in [0, 0.1) is 5.92 Å². The Bertz CT molecular complexity index is 511. The van der Waals surface area contributed by atoms with Crippen molar-refractivity contribution in [3.8, 4) is 0 Å². The first kappa shape index (κ1) is 17.0. The van der Waals surface area contributed by atoms with Crippen molar-refractivity contribution in [3.05, 3.63) is 34.9 Å². The van der Waals surface area contributed by atoms with E-state index in [9.17, 15) is 9.90 Å². The Kier molecular flexibility index (Phi) is 5.98. The first-order valence-electron chi connectivity index (χ1n) is 8.18. The van der Waals surface area contributed by atoms with Crippen molar-refractivity contribution in [2.24, 2.45) is 5.92 Å². The molecule has 4 heteroatoms. The van der Waals surface area contributed by atoms with Gasteiger partial charge in [-0.05, 0) is 36.0 Å². The van der Waals surface area contributed by atoms with Crippen molar-refractivity contribution in [3.63, 3.8) is 0 Å². The van der Waals surface area contributed by atoms with E-state index in [4.69, 9.17) is 4.74 Å². The van der Waals surface area contributed by atoms with Crippen LogP contribution in [0.2, 0.25) is 0 Å². The number of fused-ring (bicyclic) bond motifs is 1. The standard InChI is InChI=1S/C18H27NO3/c1-4-13(5-2)18(21)19-9-8-14-6-7-15(10-16(14)11-19)17(20)12-22-3/h6-7,10,13,17,20H,4-5,8-9,11-12H2,1-3H3. The molecule has 1 atom stereocenters. The summed E-state index contributed by atoms with van der Waals surface area (Å²) >= 11 is 0. The molecule has 0 aliphatic carbocycles. The van der Waals surface area contributed by atoms with Crippen LogP contribution in [0.3, 0.4) is 0 Å². The molecule has 1 aromatic carbocycles. The number of hydrogen-bond acceptors (Lipinski definition) is 3. The molecule has 1 aliphatic heterocycles. The van der Waals surface area contributed by atoms with Gasteiger partial charge >= 0.3 is 0 Å². The van der Waals surface area contributed by atoms with Gasteiger partial charge in [0.15, 0.2) is 0 Å². The Morgan fingerprint density at radius 1 is 1.32 bits per heavy atom. The lowest BCUT2D eigenvalue weighted by molar-refractivity contribution is -0.136. The van der Waals surface area contributed by atoms with E-state index in [-0.39, 0.29) is 18.4 Å². The molecule has 0 bridgehead atoms. The van der Waals surface area contributed by atoms with Crippen LogP contribution >= 0.6 is 0 Å². The van der Waals surface area contributed by atoms with Gasteiger partial charge in [0.1, 0.15) is 6.10 Å². The van der Waals surface area contributed by atoms with Gasteiger partial charge in [0.2, 0.25) is 5.91 Å². The number of amides is 1. The minimum atomic E-state index is -0.611. The predicted octanol–water partition coefficient (Wildman–Crippen LogP) is 2.69. The van der Waals surface area contributed by atoms with E-state index in [0.29, 0.717) is 6.54 Å². The Labute approximate surface area is 133 Å². The summed E-state index contributed by atoms with van der Waals surface area (Å²) in [6.07, 6.45) is 2.07. The fourth-order valence-corrected chi connectivity index (χ4v) is 3.12. The zero-order chi connectivity index (χ0) is 16.1. The lowest BCUT2D eigenvalue weighted by Crippen LogP contribution is -2.39. The average molecular weight is 305 g/mol. The maximum Gasteiger partial charge on any atom is 0.225 e. The van der Waals surface area contributed by atoms with E-state index in [1.165, 1.54) is 5.56 Å². The van der Waals surface area contributed by atoms with Crippen molar-refractivity contribution in [1.82, 2.24) is 4.90 Å². The fraction of sp³-hybridized carbons (Fsp3) is 0.611. The topological polar surface area (TPSA) is 49.8 Å². The molecule has 0 radical (unpaired) electrons. The molecule has 4 nitrogen and oxygen atoms in total. The smallest absolute Gasteiger partial charge is 0.225 e. The number of rotatable bonds is 6. The van der Waals surface area contributed by atoms with Crippen LogP contribution < -0.4 is 0 Å². The Balaban J connectivity index is 2.14. The van der Waals surface area contributed by atoms with Crippen molar-refractivity contribution < 1.29 is 14.6 Å². The molecule has 1 aliphatic rings. The highest BCUT2D eigenvalue weighted by Crippen LogP contribution is 2.25. The van der Waals surface area contributed by atoms with E-state index >= 15 is 0 Å². The van der Waals surface area contributed by atoms with Gasteiger partial charge in [0, 0.05) is 26.1 Å². The molecule has 0 saturated carbocycles. The van der Waals surface area contributed by atoms with Crippen LogP contribution in [-0.2, 0) is 22.5 Å². The average Bonchev–Trinajstić information content (AvgIpc) is 2.55. The highest BCUT2D eigenvalue weighted by Gasteiger charge is 2.25. The lowest BCUT2D eigenvalue weighted by Gasteiger charge is -2.32. The molecule has 1 heterocycles. The Morgan fingerprint density at radius 2 is 2.05 bits per heavy atom. The second-order valence-corrected chi connectivity index (χ2v) is 6.02. The SMILES string of the molecule is CCC(CC)C(=O)N1CCc2ccc(C(O)COC)cc2C1. The number of ether oxygens (including phenoxy) is 1. The van der Waals surface area contributed by atoms with Crippen LogP contribution in [0.1, 0.15) is 49.5 Å². The summed E-state index contributed by atoms with van der Waals surface area (Å²) in [4.78, 5) is 14.5. The van der Waals surface area contributed by atoms with E-state index < -0.39 is 6.10 Å². The van der Waals surface area contributed by atoms with Crippen LogP contribution in [0.25, 0.3) is 0 Å². The highest BCUT2D eigenvalue weighted by atomic mass is 16.5. The second-order valence-electron chi connectivity index (χ2n) is 6.02. The van der Waals surface area contributed by atoms with Gasteiger partial charge in [-0.25, -0.2) is 0 Å². The number of carbonyl (C=O) groups is 1. The molecular formula is C18H27NO3.